The smallest absolute Gasteiger partial charge is 0.385 e. The Bertz CT molecular complexity index is 643. The molecule has 0 spiro atoms. The number of methoxy groups -OCH3 is 1. The third-order valence-corrected chi connectivity index (χ3v) is 4.74. The molecule has 2 rings (SSSR count). The average Bonchev–Trinajstić information content (AvgIpc) is 2.67. The van der Waals surface area contributed by atoms with E-state index in [9.17, 15) is 13.2 Å². The lowest BCUT2D eigenvalue weighted by atomic mass is 10.1. The summed E-state index contributed by atoms with van der Waals surface area (Å²) in [4.78, 5) is 8.49. The number of alkyl halides is 3. The van der Waals surface area contributed by atoms with E-state index in [0.717, 1.165) is 44.4 Å². The Morgan fingerprint density at radius 2 is 1.89 bits per heavy atom. The molecule has 0 bridgehead atoms. The maximum absolute atomic E-state index is 13.2. The van der Waals surface area contributed by atoms with Crippen LogP contribution in [0.25, 0.3) is 0 Å². The summed E-state index contributed by atoms with van der Waals surface area (Å²) in [5.41, 5.74) is 0.813. The van der Waals surface area contributed by atoms with Gasteiger partial charge in [-0.25, -0.2) is 0 Å². The molecule has 1 aliphatic heterocycles. The fraction of sp³-hybridized carbons (Fsp3) is 0.632. The molecule has 0 atom stereocenters. The van der Waals surface area contributed by atoms with Gasteiger partial charge in [0.1, 0.15) is 0 Å². The number of benzene rings is 1. The number of anilines is 1. The van der Waals surface area contributed by atoms with Crippen molar-refractivity contribution in [1.29, 1.82) is 0 Å². The molecule has 0 unspecified atom stereocenters. The summed E-state index contributed by atoms with van der Waals surface area (Å²) in [6.45, 7) is 4.91. The van der Waals surface area contributed by atoms with Gasteiger partial charge in [0.2, 0.25) is 0 Å². The molecular weight excluding hydrogens is 371 g/mol. The zero-order valence-corrected chi connectivity index (χ0v) is 16.8. The van der Waals surface area contributed by atoms with Gasteiger partial charge in [0.05, 0.1) is 5.56 Å². The molecule has 2 N–H and O–H groups in total. The van der Waals surface area contributed by atoms with Crippen LogP contribution in [0.3, 0.4) is 0 Å². The minimum Gasteiger partial charge on any atom is -0.385 e. The Balaban J connectivity index is 2.12. The molecule has 9 heteroatoms. The molecule has 0 aliphatic carbocycles. The summed E-state index contributed by atoms with van der Waals surface area (Å²) < 4.78 is 44.6. The Morgan fingerprint density at radius 3 is 2.50 bits per heavy atom. The lowest BCUT2D eigenvalue weighted by Crippen LogP contribution is -2.45. The highest BCUT2D eigenvalue weighted by molar-refractivity contribution is 5.79. The molecule has 28 heavy (non-hydrogen) atoms. The Hall–Kier alpha value is -2.00. The first kappa shape index (κ1) is 22.3. The number of piperazine rings is 1. The van der Waals surface area contributed by atoms with Gasteiger partial charge >= 0.3 is 6.18 Å². The van der Waals surface area contributed by atoms with Crippen molar-refractivity contribution in [2.24, 2.45) is 4.99 Å². The lowest BCUT2D eigenvalue weighted by molar-refractivity contribution is -0.137. The van der Waals surface area contributed by atoms with Crippen molar-refractivity contribution in [3.63, 3.8) is 0 Å². The van der Waals surface area contributed by atoms with Crippen molar-refractivity contribution in [2.75, 3.05) is 65.4 Å². The van der Waals surface area contributed by atoms with Crippen LogP contribution in [0.5, 0.6) is 0 Å². The Morgan fingerprint density at radius 1 is 1.18 bits per heavy atom. The monoisotopic (exact) mass is 401 g/mol. The molecule has 0 amide bonds. The predicted molar refractivity (Wildman–Crippen MR) is 106 cm³/mol. The number of nitrogens with one attached hydrogen (secondary N) is 2. The van der Waals surface area contributed by atoms with E-state index in [1.165, 1.54) is 6.07 Å². The third-order valence-electron chi connectivity index (χ3n) is 4.74. The van der Waals surface area contributed by atoms with Crippen molar-refractivity contribution in [3.05, 3.63) is 29.3 Å². The summed E-state index contributed by atoms with van der Waals surface area (Å²) in [6.07, 6.45) is -3.55. The maximum Gasteiger partial charge on any atom is 0.416 e. The minimum atomic E-state index is -4.37. The highest BCUT2D eigenvalue weighted by atomic mass is 19.4. The first-order valence-corrected chi connectivity index (χ1v) is 9.42. The van der Waals surface area contributed by atoms with Gasteiger partial charge in [0, 0.05) is 65.7 Å². The zero-order chi connectivity index (χ0) is 20.6. The Labute approximate surface area is 164 Å². The largest absolute Gasteiger partial charge is 0.416 e. The molecule has 1 aromatic rings. The molecule has 1 aliphatic rings. The predicted octanol–water partition coefficient (Wildman–Crippen LogP) is 2.16. The number of ether oxygens (including phenoxy) is 1. The fourth-order valence-electron chi connectivity index (χ4n) is 3.08. The van der Waals surface area contributed by atoms with Crippen LogP contribution in [0.4, 0.5) is 18.9 Å². The number of likely N-dealkylation sites (N-methyl/N-ethyl adjacent to an activating group) is 1. The number of hydrogen-bond acceptors (Lipinski definition) is 4. The van der Waals surface area contributed by atoms with E-state index in [4.69, 9.17) is 4.74 Å². The second-order valence-electron chi connectivity index (χ2n) is 6.83. The summed E-state index contributed by atoms with van der Waals surface area (Å²) in [6, 6.07) is 3.98. The third kappa shape index (κ3) is 6.56. The number of guanidine groups is 1. The second kappa shape index (κ2) is 10.5. The van der Waals surface area contributed by atoms with Gasteiger partial charge in [-0.1, -0.05) is 0 Å². The fourth-order valence-corrected chi connectivity index (χ4v) is 3.08. The van der Waals surface area contributed by atoms with Crippen LogP contribution in [0, 0.1) is 0 Å². The SMILES string of the molecule is CN=C(NCCCOC)NCc1cc(C(F)(F)F)ccc1N1CCN(C)CC1. The van der Waals surface area contributed by atoms with Gasteiger partial charge < -0.3 is 25.2 Å². The summed E-state index contributed by atoms with van der Waals surface area (Å²) in [5, 5.41) is 6.26. The van der Waals surface area contributed by atoms with E-state index < -0.39 is 11.7 Å². The molecule has 0 saturated carbocycles. The summed E-state index contributed by atoms with van der Waals surface area (Å²) in [7, 11) is 5.32. The molecule has 6 nitrogen and oxygen atoms in total. The van der Waals surface area contributed by atoms with Gasteiger partial charge in [-0.05, 0) is 37.2 Å². The zero-order valence-electron chi connectivity index (χ0n) is 16.8. The number of halogens is 3. The van der Waals surface area contributed by atoms with E-state index in [1.807, 2.05) is 7.05 Å². The molecule has 0 radical (unpaired) electrons. The highest BCUT2D eigenvalue weighted by Crippen LogP contribution is 2.33. The van der Waals surface area contributed by atoms with Crippen molar-refractivity contribution < 1.29 is 17.9 Å². The molecule has 1 saturated heterocycles. The average molecular weight is 401 g/mol. The topological polar surface area (TPSA) is 52.1 Å². The highest BCUT2D eigenvalue weighted by Gasteiger charge is 2.31. The van der Waals surface area contributed by atoms with Crippen molar-refractivity contribution >= 4 is 11.6 Å². The Kier molecular flexibility index (Phi) is 8.37. The molecule has 1 aromatic carbocycles. The number of nitrogens with zero attached hydrogens (tertiary/aromatic N) is 3. The van der Waals surface area contributed by atoms with Crippen LogP contribution in [0.2, 0.25) is 0 Å². The van der Waals surface area contributed by atoms with Crippen LogP contribution in [0.1, 0.15) is 17.5 Å². The minimum absolute atomic E-state index is 0.259. The van der Waals surface area contributed by atoms with Gasteiger partial charge in [0.25, 0.3) is 0 Å². The van der Waals surface area contributed by atoms with Crippen LogP contribution in [-0.2, 0) is 17.5 Å². The van der Waals surface area contributed by atoms with E-state index in [0.29, 0.717) is 24.7 Å². The second-order valence-corrected chi connectivity index (χ2v) is 6.83. The van der Waals surface area contributed by atoms with Gasteiger partial charge in [-0.15, -0.1) is 0 Å². The van der Waals surface area contributed by atoms with E-state index >= 15 is 0 Å². The van der Waals surface area contributed by atoms with Crippen LogP contribution in [-0.4, -0.2) is 71.4 Å². The van der Waals surface area contributed by atoms with Gasteiger partial charge in [-0.2, -0.15) is 13.2 Å². The van der Waals surface area contributed by atoms with E-state index in [1.54, 1.807) is 20.2 Å². The van der Waals surface area contributed by atoms with Crippen molar-refractivity contribution in [2.45, 2.75) is 19.1 Å². The van der Waals surface area contributed by atoms with E-state index in [-0.39, 0.29) is 6.54 Å². The van der Waals surface area contributed by atoms with E-state index in [2.05, 4.69) is 25.4 Å². The van der Waals surface area contributed by atoms with Gasteiger partial charge in [-0.3, -0.25) is 4.99 Å². The van der Waals surface area contributed by atoms with Crippen LogP contribution in [0.15, 0.2) is 23.2 Å². The number of hydrogen-bond donors (Lipinski definition) is 2. The summed E-state index contributed by atoms with van der Waals surface area (Å²) in [5.74, 6) is 0.554. The quantitative estimate of drug-likeness (QED) is 0.417. The molecule has 158 valence electrons. The first-order chi connectivity index (χ1) is 13.3. The normalized spacial score (nSPS) is 16.4. The van der Waals surface area contributed by atoms with Crippen molar-refractivity contribution in [1.82, 2.24) is 15.5 Å². The summed E-state index contributed by atoms with van der Waals surface area (Å²) >= 11 is 0. The van der Waals surface area contributed by atoms with Crippen LogP contribution < -0.4 is 15.5 Å². The standard InChI is InChI=1S/C19H30F3N5O/c1-23-18(24-7-4-12-28-3)25-14-15-13-16(19(20,21)22)5-6-17(15)27-10-8-26(2)9-11-27/h5-6,13H,4,7-12,14H2,1-3H3,(H2,23,24,25). The molecular formula is C19H30F3N5O. The van der Waals surface area contributed by atoms with Crippen LogP contribution >= 0.6 is 0 Å². The maximum atomic E-state index is 13.2. The lowest BCUT2D eigenvalue weighted by Gasteiger charge is -2.35. The number of rotatable bonds is 7. The van der Waals surface area contributed by atoms with Crippen molar-refractivity contribution in [3.8, 4) is 0 Å². The first-order valence-electron chi connectivity index (χ1n) is 9.42. The molecule has 0 aromatic heterocycles. The number of aliphatic imine (C=N–C) groups is 1. The molecule has 1 heterocycles. The molecule has 1 fully saturated rings. The van der Waals surface area contributed by atoms with Gasteiger partial charge in [0.15, 0.2) is 5.96 Å².